The molecule has 0 saturated heterocycles. The lowest BCUT2D eigenvalue weighted by atomic mass is 10.1. The number of halogens is 6. The van der Waals surface area contributed by atoms with Crippen LogP contribution in [0.2, 0.25) is 20.1 Å². The SMILES string of the molecule is O=CC(F)C(OC(=O)c1ccc(Cl)cc1Cl)C(Br)COC(=O)c1ccc(Cl)cc1Cl. The van der Waals surface area contributed by atoms with Crippen molar-refractivity contribution in [1.29, 1.82) is 0 Å². The number of carbonyl (C=O) groups excluding carboxylic acids is 3. The molecule has 0 saturated carbocycles. The smallest absolute Gasteiger partial charge is 0.340 e. The summed E-state index contributed by atoms with van der Waals surface area (Å²) < 4.78 is 24.3. The van der Waals surface area contributed by atoms with Gasteiger partial charge in [0.15, 0.2) is 18.6 Å². The second-order valence-corrected chi connectivity index (χ2v) is 8.68. The number of esters is 2. The number of carbonyl (C=O) groups is 3. The van der Waals surface area contributed by atoms with E-state index >= 15 is 0 Å². The predicted octanol–water partition coefficient (Wildman–Crippen LogP) is 5.98. The summed E-state index contributed by atoms with van der Waals surface area (Å²) in [6.45, 7) is -0.432. The van der Waals surface area contributed by atoms with E-state index in [1.54, 1.807) is 0 Å². The molecule has 0 aromatic heterocycles. The van der Waals surface area contributed by atoms with E-state index in [2.05, 4.69) is 15.9 Å². The number of benzene rings is 2. The Morgan fingerprint density at radius 1 is 0.967 bits per heavy atom. The van der Waals surface area contributed by atoms with Crippen LogP contribution < -0.4 is 0 Å². The molecule has 0 aliphatic carbocycles. The molecule has 0 fully saturated rings. The molecule has 0 radical (unpaired) electrons. The maximum atomic E-state index is 14.1. The number of aldehydes is 1. The summed E-state index contributed by atoms with van der Waals surface area (Å²) in [7, 11) is 0. The monoisotopic (exact) mass is 558 g/mol. The van der Waals surface area contributed by atoms with Crippen molar-refractivity contribution in [3.63, 3.8) is 0 Å². The zero-order valence-corrected chi connectivity index (χ0v) is 19.4. The van der Waals surface area contributed by atoms with Crippen LogP contribution in [0.3, 0.4) is 0 Å². The normalized spacial score (nSPS) is 13.8. The van der Waals surface area contributed by atoms with E-state index in [1.165, 1.54) is 36.4 Å². The van der Waals surface area contributed by atoms with Crippen LogP contribution in [-0.2, 0) is 14.3 Å². The third kappa shape index (κ3) is 6.56. The van der Waals surface area contributed by atoms with Crippen LogP contribution in [-0.4, -0.2) is 41.9 Å². The van der Waals surface area contributed by atoms with E-state index < -0.39 is 35.6 Å². The standard InChI is InChI=1S/C19H12BrCl4FO5/c20-13(8-29-18(27)11-3-1-9(21)5-14(11)23)17(16(25)7-26)30-19(28)12-4-2-10(22)6-15(12)24/h1-7,13,16-17H,8H2. The molecule has 0 amide bonds. The Bertz CT molecular complexity index is 959. The van der Waals surface area contributed by atoms with Gasteiger partial charge >= 0.3 is 11.9 Å². The average molecular weight is 561 g/mol. The Balaban J connectivity index is 2.09. The Morgan fingerprint density at radius 2 is 1.47 bits per heavy atom. The molecule has 3 atom stereocenters. The van der Waals surface area contributed by atoms with Crippen molar-refractivity contribution >= 4 is 80.6 Å². The fraction of sp³-hybridized carbons (Fsp3) is 0.211. The van der Waals surface area contributed by atoms with Gasteiger partial charge in [0, 0.05) is 10.0 Å². The zero-order chi connectivity index (χ0) is 22.4. The van der Waals surface area contributed by atoms with Crippen molar-refractivity contribution in [2.75, 3.05) is 6.61 Å². The van der Waals surface area contributed by atoms with Crippen LogP contribution >= 0.6 is 62.3 Å². The van der Waals surface area contributed by atoms with Gasteiger partial charge in [-0.15, -0.1) is 0 Å². The summed E-state index contributed by atoms with van der Waals surface area (Å²) in [6, 6.07) is 8.17. The minimum absolute atomic E-state index is 0.0114. The molecular formula is C19H12BrCl4FO5. The minimum Gasteiger partial charge on any atom is -0.461 e. The van der Waals surface area contributed by atoms with Crippen molar-refractivity contribution in [2.24, 2.45) is 0 Å². The van der Waals surface area contributed by atoms with Crippen molar-refractivity contribution in [3.05, 3.63) is 67.6 Å². The Labute approximate surface area is 199 Å². The van der Waals surface area contributed by atoms with Gasteiger partial charge in [0.2, 0.25) is 0 Å². The average Bonchev–Trinajstić information content (AvgIpc) is 2.69. The van der Waals surface area contributed by atoms with Crippen molar-refractivity contribution in [2.45, 2.75) is 17.1 Å². The third-order valence-corrected chi connectivity index (χ3v) is 5.60. The van der Waals surface area contributed by atoms with Crippen LogP contribution in [0.25, 0.3) is 0 Å². The van der Waals surface area contributed by atoms with Gasteiger partial charge < -0.3 is 9.47 Å². The Morgan fingerprint density at radius 3 is 1.93 bits per heavy atom. The second kappa shape index (κ2) is 11.3. The molecule has 2 rings (SSSR count). The van der Waals surface area contributed by atoms with Crippen LogP contribution in [0.4, 0.5) is 4.39 Å². The zero-order valence-electron chi connectivity index (χ0n) is 14.8. The van der Waals surface area contributed by atoms with E-state index in [0.29, 0.717) is 5.02 Å². The van der Waals surface area contributed by atoms with Crippen LogP contribution in [0.5, 0.6) is 0 Å². The van der Waals surface area contributed by atoms with Gasteiger partial charge in [-0.25, -0.2) is 14.0 Å². The highest BCUT2D eigenvalue weighted by atomic mass is 79.9. The van der Waals surface area contributed by atoms with Crippen molar-refractivity contribution in [3.8, 4) is 0 Å². The van der Waals surface area contributed by atoms with E-state index in [-0.39, 0.29) is 32.5 Å². The van der Waals surface area contributed by atoms with Crippen molar-refractivity contribution < 1.29 is 28.2 Å². The summed E-state index contributed by atoms with van der Waals surface area (Å²) in [5.41, 5.74) is -0.0387. The highest BCUT2D eigenvalue weighted by molar-refractivity contribution is 9.09. The van der Waals surface area contributed by atoms with Crippen LogP contribution in [0, 0.1) is 0 Å². The molecule has 0 spiro atoms. The number of ether oxygens (including phenoxy) is 2. The lowest BCUT2D eigenvalue weighted by Crippen LogP contribution is -2.39. The fourth-order valence-electron chi connectivity index (χ4n) is 2.24. The maximum Gasteiger partial charge on any atom is 0.340 e. The van der Waals surface area contributed by atoms with Crippen LogP contribution in [0.1, 0.15) is 20.7 Å². The fourth-order valence-corrected chi connectivity index (χ4v) is 3.74. The molecule has 0 aliphatic rings. The third-order valence-electron chi connectivity index (χ3n) is 3.72. The Kier molecular flexibility index (Phi) is 9.37. The number of hydrogen-bond acceptors (Lipinski definition) is 5. The van der Waals surface area contributed by atoms with Gasteiger partial charge in [0.05, 0.1) is 26.0 Å². The molecule has 0 aliphatic heterocycles. The summed E-state index contributed by atoms with van der Waals surface area (Å²) in [5, 5.41) is 0.669. The quantitative estimate of drug-likeness (QED) is 0.226. The van der Waals surface area contributed by atoms with E-state index in [0.717, 1.165) is 0 Å². The molecule has 0 bridgehead atoms. The summed E-state index contributed by atoms with van der Waals surface area (Å²) >= 11 is 26.5. The lowest BCUT2D eigenvalue weighted by molar-refractivity contribution is -0.115. The topological polar surface area (TPSA) is 69.7 Å². The number of hydrogen-bond donors (Lipinski definition) is 0. The first-order valence-corrected chi connectivity index (χ1v) is 10.6. The van der Waals surface area contributed by atoms with Gasteiger partial charge in [-0.1, -0.05) is 62.3 Å². The minimum atomic E-state index is -2.19. The molecule has 2 aromatic carbocycles. The molecule has 3 unspecified atom stereocenters. The Hall–Kier alpha value is -1.38. The van der Waals surface area contributed by atoms with Gasteiger partial charge in [-0.2, -0.15) is 0 Å². The van der Waals surface area contributed by atoms with E-state index in [9.17, 15) is 18.8 Å². The molecule has 5 nitrogen and oxygen atoms in total. The number of rotatable bonds is 8. The highest BCUT2D eigenvalue weighted by Crippen LogP contribution is 2.25. The molecule has 160 valence electrons. The molecule has 11 heteroatoms. The summed E-state index contributed by atoms with van der Waals surface area (Å²) in [6.07, 6.45) is -3.83. The molecule has 0 N–H and O–H groups in total. The molecule has 30 heavy (non-hydrogen) atoms. The maximum absolute atomic E-state index is 14.1. The molecule has 2 aromatic rings. The lowest BCUT2D eigenvalue weighted by Gasteiger charge is -2.23. The van der Waals surface area contributed by atoms with Gasteiger partial charge in [-0.05, 0) is 36.4 Å². The van der Waals surface area contributed by atoms with E-state index in [4.69, 9.17) is 55.9 Å². The van der Waals surface area contributed by atoms with Gasteiger partial charge in [0.1, 0.15) is 6.61 Å². The highest BCUT2D eigenvalue weighted by Gasteiger charge is 2.33. The summed E-state index contributed by atoms with van der Waals surface area (Å²) in [5.74, 6) is -1.80. The largest absolute Gasteiger partial charge is 0.461 e. The second-order valence-electron chi connectivity index (χ2n) is 5.81. The van der Waals surface area contributed by atoms with Crippen molar-refractivity contribution in [1.82, 2.24) is 0 Å². The summed E-state index contributed by atoms with van der Waals surface area (Å²) in [4.78, 5) is 34.4. The van der Waals surface area contributed by atoms with Crippen LogP contribution in [0.15, 0.2) is 36.4 Å². The predicted molar refractivity (Wildman–Crippen MR) is 116 cm³/mol. The molecular weight excluding hydrogens is 549 g/mol. The van der Waals surface area contributed by atoms with Gasteiger partial charge in [-0.3, -0.25) is 4.79 Å². The first-order valence-electron chi connectivity index (χ1n) is 8.15. The molecule has 0 heterocycles. The van der Waals surface area contributed by atoms with Gasteiger partial charge in [0.25, 0.3) is 0 Å². The number of alkyl halides is 2. The first-order chi connectivity index (χ1) is 14.1. The first kappa shape index (κ1) is 24.9. The van der Waals surface area contributed by atoms with E-state index in [1.807, 2.05) is 0 Å².